The molecule has 1 aliphatic heterocycles. The molecule has 4 atom stereocenters. The van der Waals surface area contributed by atoms with E-state index >= 15 is 0 Å². The Morgan fingerprint density at radius 3 is 2.49 bits per heavy atom. The highest BCUT2D eigenvalue weighted by molar-refractivity contribution is 5.93. The van der Waals surface area contributed by atoms with E-state index in [0.29, 0.717) is 19.4 Å². The predicted octanol–water partition coefficient (Wildman–Crippen LogP) is 2.67. The van der Waals surface area contributed by atoms with Crippen LogP contribution in [0.5, 0.6) is 0 Å². The van der Waals surface area contributed by atoms with Crippen molar-refractivity contribution in [1.82, 2.24) is 26.1 Å². The summed E-state index contributed by atoms with van der Waals surface area (Å²) in [6, 6.07) is 7.42. The number of carboxylic acid groups (broad SMARTS) is 1. The zero-order valence-electron chi connectivity index (χ0n) is 23.2. The lowest BCUT2D eigenvalue weighted by Crippen LogP contribution is -2.60. The third-order valence-corrected chi connectivity index (χ3v) is 6.85. The largest absolute Gasteiger partial charge is 0.480 e. The number of hydrazine groups is 1. The van der Waals surface area contributed by atoms with E-state index in [2.05, 4.69) is 28.0 Å². The first kappa shape index (κ1) is 29.8. The van der Waals surface area contributed by atoms with Crippen LogP contribution < -0.4 is 16.1 Å². The van der Waals surface area contributed by atoms with Crippen LogP contribution in [0.3, 0.4) is 0 Å². The Hall–Kier alpha value is -3.79. The quantitative estimate of drug-likeness (QED) is 0.365. The van der Waals surface area contributed by atoms with E-state index in [1.807, 2.05) is 50.3 Å². The highest BCUT2D eigenvalue weighted by Gasteiger charge is 2.32. The van der Waals surface area contributed by atoms with Crippen LogP contribution in [-0.2, 0) is 25.6 Å². The van der Waals surface area contributed by atoms with Crippen LogP contribution in [0.15, 0.2) is 36.4 Å². The summed E-state index contributed by atoms with van der Waals surface area (Å²) in [5.41, 5.74) is 5.53. The molecule has 0 bridgehead atoms. The van der Waals surface area contributed by atoms with Crippen molar-refractivity contribution in [1.29, 1.82) is 0 Å². The van der Waals surface area contributed by atoms with Crippen LogP contribution >= 0.6 is 0 Å². The number of carboxylic acids is 1. The van der Waals surface area contributed by atoms with Crippen molar-refractivity contribution in [2.75, 3.05) is 6.54 Å². The summed E-state index contributed by atoms with van der Waals surface area (Å²) in [7, 11) is 0. The molecule has 0 radical (unpaired) electrons. The lowest BCUT2D eigenvalue weighted by Gasteiger charge is -2.34. The minimum Gasteiger partial charge on any atom is -0.480 e. The van der Waals surface area contributed by atoms with E-state index in [1.54, 1.807) is 19.9 Å². The Balaban J connectivity index is 1.60. The van der Waals surface area contributed by atoms with Crippen molar-refractivity contribution in [2.24, 2.45) is 11.8 Å². The van der Waals surface area contributed by atoms with Crippen LogP contribution in [0.1, 0.15) is 58.7 Å². The van der Waals surface area contributed by atoms with Crippen LogP contribution in [0.4, 0.5) is 0 Å². The summed E-state index contributed by atoms with van der Waals surface area (Å²) < 4.78 is 0. The van der Waals surface area contributed by atoms with Crippen LogP contribution in [0.25, 0.3) is 17.0 Å². The fraction of sp³-hybridized carbons (Fsp3) is 0.483. The zero-order valence-corrected chi connectivity index (χ0v) is 23.2. The maximum Gasteiger partial charge on any atom is 0.322 e. The molecule has 2 aromatic rings. The molecule has 1 saturated heterocycles. The number of fused-ring (bicyclic) bond motifs is 1. The number of rotatable bonds is 10. The molecule has 1 fully saturated rings. The molecule has 0 spiro atoms. The van der Waals surface area contributed by atoms with Gasteiger partial charge >= 0.3 is 5.97 Å². The normalized spacial score (nSPS) is 18.1. The summed E-state index contributed by atoms with van der Waals surface area (Å²) in [6.45, 7) is 9.33. The average molecular weight is 538 g/mol. The number of nitrogens with zero attached hydrogens (tertiary/aromatic N) is 2. The zero-order chi connectivity index (χ0) is 28.7. The predicted molar refractivity (Wildman–Crippen MR) is 149 cm³/mol. The van der Waals surface area contributed by atoms with Gasteiger partial charge in [-0.15, -0.1) is 0 Å². The number of nitrogens with one attached hydrogen (secondary N) is 3. The van der Waals surface area contributed by atoms with Gasteiger partial charge in [0.05, 0.1) is 11.4 Å². The molecule has 10 heteroatoms. The van der Waals surface area contributed by atoms with Crippen molar-refractivity contribution in [3.05, 3.63) is 47.7 Å². The van der Waals surface area contributed by atoms with Gasteiger partial charge < -0.3 is 15.7 Å². The fourth-order valence-electron chi connectivity index (χ4n) is 4.36. The first-order chi connectivity index (χ1) is 18.5. The fourth-order valence-corrected chi connectivity index (χ4v) is 4.36. The Morgan fingerprint density at radius 1 is 1.10 bits per heavy atom. The van der Waals surface area contributed by atoms with E-state index in [-0.39, 0.29) is 11.8 Å². The topological polar surface area (TPSA) is 141 Å². The maximum absolute atomic E-state index is 13.0. The number of aryl methyl sites for hydroxylation is 1. The monoisotopic (exact) mass is 537 g/mol. The molecule has 3 rings (SSSR count). The van der Waals surface area contributed by atoms with Gasteiger partial charge in [0.15, 0.2) is 0 Å². The van der Waals surface area contributed by atoms with Crippen LogP contribution in [-0.4, -0.2) is 63.5 Å². The van der Waals surface area contributed by atoms with Gasteiger partial charge in [-0.05, 0) is 49.8 Å². The first-order valence-electron chi connectivity index (χ1n) is 13.5. The summed E-state index contributed by atoms with van der Waals surface area (Å²) in [4.78, 5) is 54.7. The second-order valence-corrected chi connectivity index (χ2v) is 10.4. The second kappa shape index (κ2) is 13.3. The highest BCUT2D eigenvalue weighted by Crippen LogP contribution is 2.17. The van der Waals surface area contributed by atoms with E-state index < -0.39 is 41.8 Å². The van der Waals surface area contributed by atoms with Gasteiger partial charge in [0.1, 0.15) is 18.1 Å². The molecule has 3 amide bonds. The molecule has 1 aliphatic rings. The number of benzene rings is 1. The Kier molecular flexibility index (Phi) is 10.2. The molecular formula is C29H39N5O5. The van der Waals surface area contributed by atoms with Crippen LogP contribution in [0.2, 0.25) is 0 Å². The number of hydrogen-bond acceptors (Lipinski definition) is 6. The van der Waals surface area contributed by atoms with Crippen molar-refractivity contribution in [3.8, 4) is 0 Å². The molecule has 2 heterocycles. The minimum absolute atomic E-state index is 0.226. The van der Waals surface area contributed by atoms with Crippen molar-refractivity contribution in [3.63, 3.8) is 0 Å². The standard InChI is InChI=1S/C29H39N5O5/c1-6-22-14-13-21-12-11-20(16-24(21)31-22)10-9-18(4)26(35)32-25(17(2)3)27(36)30-19(5)28(37)34-15-7-8-23(33-34)29(38)39/h9-14,16-19,23,25,33H,6-8,15H2,1-5H3,(H,30,36)(H,32,35)(H,38,39)/b10-9+/t18-,19?,23?,25?/m0/s1. The van der Waals surface area contributed by atoms with E-state index in [4.69, 9.17) is 0 Å². The van der Waals surface area contributed by atoms with Gasteiger partial charge in [0.25, 0.3) is 5.91 Å². The molecule has 0 aliphatic carbocycles. The molecule has 210 valence electrons. The van der Waals surface area contributed by atoms with Crippen LogP contribution in [0, 0.1) is 11.8 Å². The van der Waals surface area contributed by atoms with Crippen molar-refractivity contribution >= 4 is 40.7 Å². The number of carbonyl (C=O) groups is 4. The smallest absolute Gasteiger partial charge is 0.322 e. The summed E-state index contributed by atoms with van der Waals surface area (Å²) in [6.07, 6.45) is 5.46. The Labute approximate surface area is 229 Å². The minimum atomic E-state index is -1.03. The SMILES string of the molecule is CCc1ccc2ccc(/C=C/[C@H](C)C(=O)NC(C(=O)NC(C)C(=O)N3CCCC(C(=O)O)N3)C(C)C)cc2n1. The van der Waals surface area contributed by atoms with Gasteiger partial charge in [0, 0.05) is 17.6 Å². The van der Waals surface area contributed by atoms with Crippen molar-refractivity contribution < 1.29 is 24.3 Å². The Bertz CT molecular complexity index is 1240. The van der Waals surface area contributed by atoms with Gasteiger partial charge in [0.2, 0.25) is 11.8 Å². The lowest BCUT2D eigenvalue weighted by molar-refractivity contribution is -0.148. The number of amides is 3. The summed E-state index contributed by atoms with van der Waals surface area (Å²) in [5, 5.41) is 17.0. The molecule has 3 unspecified atom stereocenters. The number of aliphatic carboxylic acids is 1. The van der Waals surface area contributed by atoms with Gasteiger partial charge in [-0.3, -0.25) is 29.2 Å². The average Bonchev–Trinajstić information content (AvgIpc) is 2.93. The second-order valence-electron chi connectivity index (χ2n) is 10.4. The van der Waals surface area contributed by atoms with E-state index in [9.17, 15) is 24.3 Å². The molecule has 1 aromatic heterocycles. The molecule has 4 N–H and O–H groups in total. The number of pyridine rings is 1. The highest BCUT2D eigenvalue weighted by atomic mass is 16.4. The number of carbonyl (C=O) groups excluding carboxylic acids is 3. The van der Waals surface area contributed by atoms with Gasteiger partial charge in [-0.2, -0.15) is 0 Å². The maximum atomic E-state index is 13.0. The number of hydrogen-bond donors (Lipinski definition) is 4. The van der Waals surface area contributed by atoms with Crippen molar-refractivity contribution in [2.45, 2.75) is 72.0 Å². The molecule has 0 saturated carbocycles. The van der Waals surface area contributed by atoms with Gasteiger partial charge in [-0.25, -0.2) is 5.43 Å². The molecule has 10 nitrogen and oxygen atoms in total. The summed E-state index contributed by atoms with van der Waals surface area (Å²) in [5.74, 6) is -2.98. The van der Waals surface area contributed by atoms with Gasteiger partial charge in [-0.1, -0.05) is 58.0 Å². The lowest BCUT2D eigenvalue weighted by atomic mass is 10.0. The third kappa shape index (κ3) is 7.86. The number of aromatic nitrogens is 1. The molecular weight excluding hydrogens is 498 g/mol. The third-order valence-electron chi connectivity index (χ3n) is 6.85. The molecule has 39 heavy (non-hydrogen) atoms. The van der Waals surface area contributed by atoms with E-state index in [1.165, 1.54) is 5.01 Å². The summed E-state index contributed by atoms with van der Waals surface area (Å²) >= 11 is 0. The van der Waals surface area contributed by atoms with E-state index in [0.717, 1.165) is 28.6 Å². The Morgan fingerprint density at radius 2 is 1.82 bits per heavy atom. The molecule has 1 aromatic carbocycles. The first-order valence-corrected chi connectivity index (χ1v) is 13.5.